The molecule has 0 amide bonds. The van der Waals surface area contributed by atoms with Crippen LogP contribution in [0, 0.1) is 5.92 Å². The molecule has 0 N–H and O–H groups in total. The number of carbonyl (C=O) groups is 2. The summed E-state index contributed by atoms with van der Waals surface area (Å²) < 4.78 is 29.9. The van der Waals surface area contributed by atoms with Gasteiger partial charge in [-0.25, -0.2) is 4.79 Å². The molecule has 0 fully saturated rings. The molecule has 0 radical (unpaired) electrons. The molecule has 298 valence electrons. The van der Waals surface area contributed by atoms with Gasteiger partial charge in [0, 0.05) is 0 Å². The summed E-state index contributed by atoms with van der Waals surface area (Å²) in [7, 11) is -5.29. The minimum absolute atomic E-state index is 0.00672. The molecular weight excluding hydrogens is 748 g/mol. The lowest BCUT2D eigenvalue weighted by Crippen LogP contribution is -2.51. The Morgan fingerprint density at radius 3 is 1.59 bits per heavy atom. The first-order valence-corrected chi connectivity index (χ1v) is 29.7. The van der Waals surface area contributed by atoms with E-state index in [1.54, 1.807) is 36.4 Å². The van der Waals surface area contributed by atoms with E-state index in [0.29, 0.717) is 17.1 Å². The highest BCUT2D eigenvalue weighted by Gasteiger charge is 2.37. The Balaban J connectivity index is 1.27. The van der Waals surface area contributed by atoms with Gasteiger partial charge < -0.3 is 22.4 Å². The second-order valence-corrected chi connectivity index (χ2v) is 29.6. The van der Waals surface area contributed by atoms with Crippen molar-refractivity contribution in [1.82, 2.24) is 0 Å². The molecule has 2 atom stereocenters. The van der Waals surface area contributed by atoms with Crippen molar-refractivity contribution >= 4 is 48.7 Å². The van der Waals surface area contributed by atoms with E-state index in [0.717, 1.165) is 36.3 Å². The molecule has 0 aliphatic rings. The van der Waals surface area contributed by atoms with E-state index in [2.05, 4.69) is 45.8 Å². The first-order chi connectivity index (χ1) is 25.5. The van der Waals surface area contributed by atoms with Gasteiger partial charge in [0.2, 0.25) is 0 Å². The summed E-state index contributed by atoms with van der Waals surface area (Å²) in [5.74, 6) is 0.596. The van der Waals surface area contributed by atoms with Crippen molar-refractivity contribution in [2.75, 3.05) is 6.61 Å². The zero-order valence-corrected chi connectivity index (χ0v) is 38.1. The van der Waals surface area contributed by atoms with E-state index in [1.807, 2.05) is 50.2 Å². The predicted molar refractivity (Wildman–Crippen MR) is 230 cm³/mol. The largest absolute Gasteiger partial charge is 0.494 e. The summed E-state index contributed by atoms with van der Waals surface area (Å²) >= 11 is 6.18. The maximum absolute atomic E-state index is 12.8. The summed E-state index contributed by atoms with van der Waals surface area (Å²) in [6.07, 6.45) is 12.1. The number of hydrogen-bond acceptors (Lipinski definition) is 7. The van der Waals surface area contributed by atoms with Crippen molar-refractivity contribution in [2.45, 2.75) is 135 Å². The highest BCUT2D eigenvalue weighted by Crippen LogP contribution is 2.27. The molecule has 3 rings (SSSR count). The fraction of sp³-hybridized carbons (Fsp3) is 0.535. The van der Waals surface area contributed by atoms with Crippen LogP contribution in [-0.4, -0.2) is 49.1 Å². The first-order valence-electron chi connectivity index (χ1n) is 19.9. The van der Waals surface area contributed by atoms with Crippen LogP contribution in [0.5, 0.6) is 17.2 Å². The van der Waals surface area contributed by atoms with E-state index in [1.165, 1.54) is 57.4 Å². The molecule has 54 heavy (non-hydrogen) atoms. The van der Waals surface area contributed by atoms with Crippen LogP contribution in [0.2, 0.25) is 51.9 Å². The molecule has 0 bridgehead atoms. The average Bonchev–Trinajstić information content (AvgIpc) is 3.11. The molecule has 3 aromatic carbocycles. The molecule has 0 aliphatic carbocycles. The minimum atomic E-state index is -2.04. The number of esters is 2. The Kier molecular flexibility index (Phi) is 18.7. The standard InChI is InChI=1S/C43H65ClO7Si3/c1-10-34(2)41(44)43(46)49-40-30-28-39(29-31-40)48-42(45)37-22-20-35(21-23-37)36-24-26-38(27-25-36)47-32-18-16-14-12-11-13-15-17-19-33-53(6,7)51-54(8,9)50-52(3,4)5/h20-31,34,41H,10-19,32-33H2,1-9H3. The van der Waals surface area contributed by atoms with Crippen molar-refractivity contribution < 1.29 is 32.0 Å². The number of rotatable bonds is 24. The Hall–Kier alpha value is -2.74. The van der Waals surface area contributed by atoms with Gasteiger partial charge in [-0.05, 0) is 124 Å². The first kappa shape index (κ1) is 45.6. The molecule has 11 heteroatoms. The maximum atomic E-state index is 12.8. The minimum Gasteiger partial charge on any atom is -0.494 e. The lowest BCUT2D eigenvalue weighted by atomic mass is 10.0. The Morgan fingerprint density at radius 2 is 1.07 bits per heavy atom. The summed E-state index contributed by atoms with van der Waals surface area (Å²) in [6.45, 7) is 20.5. The van der Waals surface area contributed by atoms with Crippen LogP contribution in [0.25, 0.3) is 11.1 Å². The van der Waals surface area contributed by atoms with E-state index < -0.39 is 42.5 Å². The molecule has 0 saturated heterocycles. The lowest BCUT2D eigenvalue weighted by molar-refractivity contribution is -0.134. The molecule has 0 saturated carbocycles. The lowest BCUT2D eigenvalue weighted by Gasteiger charge is -2.37. The summed E-state index contributed by atoms with van der Waals surface area (Å²) in [4.78, 5) is 25.0. The molecule has 0 heterocycles. The van der Waals surface area contributed by atoms with E-state index in [4.69, 9.17) is 34.0 Å². The number of ether oxygens (including phenoxy) is 3. The zero-order chi connectivity index (χ0) is 39.8. The summed E-state index contributed by atoms with van der Waals surface area (Å²) in [6, 6.07) is 22.9. The van der Waals surface area contributed by atoms with Gasteiger partial charge in [-0.15, -0.1) is 11.6 Å². The maximum Gasteiger partial charge on any atom is 0.343 e. The Bertz CT molecular complexity index is 1560. The number of hydrogen-bond donors (Lipinski definition) is 0. The second-order valence-electron chi connectivity index (χ2n) is 16.4. The van der Waals surface area contributed by atoms with Gasteiger partial charge in [-0.2, -0.15) is 0 Å². The molecule has 0 aromatic heterocycles. The smallest absolute Gasteiger partial charge is 0.343 e. The molecule has 3 aromatic rings. The third-order valence-corrected chi connectivity index (χ3v) is 20.0. The third kappa shape index (κ3) is 17.4. The number of carbonyl (C=O) groups excluding carboxylic acids is 2. The molecular formula is C43H65ClO7Si3. The normalized spacial score (nSPS) is 13.3. The van der Waals surface area contributed by atoms with E-state index in [-0.39, 0.29) is 5.92 Å². The SMILES string of the molecule is CCC(C)C(Cl)C(=O)Oc1ccc(OC(=O)c2ccc(-c3ccc(OCCCCCCCCCCC[Si](C)(C)O[Si](C)(C)O[Si](C)(C)C)cc3)cc2)cc1. The van der Waals surface area contributed by atoms with Crippen molar-refractivity contribution in [1.29, 1.82) is 0 Å². The van der Waals surface area contributed by atoms with E-state index in [9.17, 15) is 9.59 Å². The van der Waals surface area contributed by atoms with Gasteiger partial charge in [-0.1, -0.05) is 95.9 Å². The molecule has 0 spiro atoms. The zero-order valence-electron chi connectivity index (χ0n) is 34.3. The van der Waals surface area contributed by atoms with Crippen LogP contribution in [0.4, 0.5) is 0 Å². The van der Waals surface area contributed by atoms with Crippen LogP contribution in [-0.2, 0) is 13.0 Å². The van der Waals surface area contributed by atoms with Gasteiger partial charge in [0.15, 0.2) is 16.6 Å². The highest BCUT2D eigenvalue weighted by atomic mass is 35.5. The number of benzene rings is 3. The average molecular weight is 814 g/mol. The van der Waals surface area contributed by atoms with Gasteiger partial charge in [0.25, 0.3) is 0 Å². The van der Waals surface area contributed by atoms with Crippen molar-refractivity contribution in [2.24, 2.45) is 5.92 Å². The predicted octanol–water partition coefficient (Wildman–Crippen LogP) is 12.8. The Labute approximate surface area is 333 Å². The Morgan fingerprint density at radius 1 is 0.611 bits per heavy atom. The summed E-state index contributed by atoms with van der Waals surface area (Å²) in [5, 5.41) is -0.718. The number of alkyl halides is 1. The molecule has 0 aliphatic heterocycles. The van der Waals surface area contributed by atoms with Gasteiger partial charge in [0.1, 0.15) is 22.6 Å². The van der Waals surface area contributed by atoms with Crippen LogP contribution in [0.1, 0.15) is 88.4 Å². The quantitative estimate of drug-likeness (QED) is 0.0293. The van der Waals surface area contributed by atoms with Gasteiger partial charge in [0.05, 0.1) is 12.2 Å². The fourth-order valence-electron chi connectivity index (χ4n) is 6.45. The topological polar surface area (TPSA) is 80.3 Å². The van der Waals surface area contributed by atoms with Gasteiger partial charge in [-0.3, -0.25) is 4.79 Å². The third-order valence-electron chi connectivity index (χ3n) is 9.20. The van der Waals surface area contributed by atoms with Crippen molar-refractivity contribution in [3.63, 3.8) is 0 Å². The monoisotopic (exact) mass is 812 g/mol. The van der Waals surface area contributed by atoms with E-state index >= 15 is 0 Å². The second kappa shape index (κ2) is 22.1. The molecule has 2 unspecified atom stereocenters. The number of unbranched alkanes of at least 4 members (excludes halogenated alkanes) is 8. The van der Waals surface area contributed by atoms with Crippen LogP contribution in [0.15, 0.2) is 72.8 Å². The van der Waals surface area contributed by atoms with Crippen molar-refractivity contribution in [3.8, 4) is 28.4 Å². The van der Waals surface area contributed by atoms with Crippen LogP contribution >= 0.6 is 11.6 Å². The molecule has 7 nitrogen and oxygen atoms in total. The fourth-order valence-corrected chi connectivity index (χ4v) is 19.9. The highest BCUT2D eigenvalue weighted by molar-refractivity contribution is 6.87. The number of halogens is 1. The van der Waals surface area contributed by atoms with Crippen LogP contribution in [0.3, 0.4) is 0 Å². The van der Waals surface area contributed by atoms with Crippen molar-refractivity contribution in [3.05, 3.63) is 78.4 Å². The summed E-state index contributed by atoms with van der Waals surface area (Å²) in [5.41, 5.74) is 2.47. The van der Waals surface area contributed by atoms with Gasteiger partial charge >= 0.3 is 20.5 Å². The van der Waals surface area contributed by atoms with Crippen LogP contribution < -0.4 is 14.2 Å².